The Morgan fingerprint density at radius 1 is 0.938 bits per heavy atom. The van der Waals surface area contributed by atoms with Crippen LogP contribution in [-0.4, -0.2) is 77.6 Å². The average molecular weight is 458 g/mol. The molecule has 2 aromatic rings. The van der Waals surface area contributed by atoms with Gasteiger partial charge in [0.15, 0.2) is 0 Å². The summed E-state index contributed by atoms with van der Waals surface area (Å²) >= 11 is 0. The van der Waals surface area contributed by atoms with Crippen LogP contribution in [0.3, 0.4) is 0 Å². The first-order valence-electron chi connectivity index (χ1n) is 10.2. The Morgan fingerprint density at radius 2 is 1.53 bits per heavy atom. The van der Waals surface area contributed by atoms with Gasteiger partial charge in [0.25, 0.3) is 27.7 Å². The highest BCUT2D eigenvalue weighted by molar-refractivity contribution is 7.90. The predicted molar refractivity (Wildman–Crippen MR) is 115 cm³/mol. The molecule has 4 rings (SSSR count). The molecule has 0 aromatic heterocycles. The van der Waals surface area contributed by atoms with E-state index < -0.39 is 22.0 Å². The molecule has 3 amide bonds. The van der Waals surface area contributed by atoms with E-state index >= 15 is 0 Å². The first-order valence-corrected chi connectivity index (χ1v) is 11.7. The number of hydrogen-bond donors (Lipinski definition) is 1. The van der Waals surface area contributed by atoms with Crippen molar-refractivity contribution in [1.29, 1.82) is 0 Å². The van der Waals surface area contributed by atoms with Crippen LogP contribution < -0.4 is 0 Å². The highest BCUT2D eigenvalue weighted by atomic mass is 32.2. The van der Waals surface area contributed by atoms with Gasteiger partial charge in [-0.2, -0.15) is 0 Å². The van der Waals surface area contributed by atoms with Crippen molar-refractivity contribution >= 4 is 27.7 Å². The van der Waals surface area contributed by atoms with E-state index in [0.29, 0.717) is 0 Å². The molecule has 1 fully saturated rings. The topological polar surface area (TPSA) is 115 Å². The number of fused-ring (bicyclic) bond motifs is 1. The van der Waals surface area contributed by atoms with E-state index in [-0.39, 0.29) is 65.3 Å². The maximum atomic E-state index is 13.0. The summed E-state index contributed by atoms with van der Waals surface area (Å²) in [7, 11) is -4.00. The lowest BCUT2D eigenvalue weighted by molar-refractivity contribution is 0.0533. The number of hydrogen-bond acceptors (Lipinski definition) is 6. The summed E-state index contributed by atoms with van der Waals surface area (Å²) in [6.45, 7) is 4.31. The number of carbonyl (C=O) groups is 3. The molecule has 168 valence electrons. The number of benzene rings is 2. The lowest BCUT2D eigenvalue weighted by Gasteiger charge is -2.35. The van der Waals surface area contributed by atoms with Crippen molar-refractivity contribution in [2.75, 3.05) is 26.2 Å². The van der Waals surface area contributed by atoms with Gasteiger partial charge in [-0.15, -0.1) is 0 Å². The Morgan fingerprint density at radius 3 is 2.12 bits per heavy atom. The minimum absolute atomic E-state index is 0.0633. The maximum Gasteiger partial charge on any atom is 0.269 e. The number of piperazine rings is 1. The van der Waals surface area contributed by atoms with E-state index in [1.165, 1.54) is 24.3 Å². The summed E-state index contributed by atoms with van der Waals surface area (Å²) in [4.78, 5) is 41.1. The lowest BCUT2D eigenvalue weighted by Crippen LogP contribution is -2.50. The summed E-state index contributed by atoms with van der Waals surface area (Å²) in [5.41, 5.74) is 0.440. The van der Waals surface area contributed by atoms with Gasteiger partial charge in [0, 0.05) is 37.8 Å². The van der Waals surface area contributed by atoms with Gasteiger partial charge >= 0.3 is 0 Å². The molecular weight excluding hydrogens is 434 g/mol. The first-order chi connectivity index (χ1) is 15.1. The van der Waals surface area contributed by atoms with Crippen molar-refractivity contribution in [3.05, 3.63) is 59.2 Å². The Hall–Kier alpha value is -3.40. The summed E-state index contributed by atoms with van der Waals surface area (Å²) in [5.74, 6) is -1.37. The molecule has 2 aromatic carbocycles. The smallest absolute Gasteiger partial charge is 0.269 e. The van der Waals surface area contributed by atoms with E-state index in [9.17, 15) is 27.9 Å². The SMILES string of the molecule is CC(C)N1C(=O)c2ccc(C(=O)N3CCN(C(=O)c4ccccc4O)CC3)cc2S1(=O)=O. The molecule has 9 nitrogen and oxygen atoms in total. The lowest BCUT2D eigenvalue weighted by atomic mass is 10.1. The molecule has 1 N–H and O–H groups in total. The van der Waals surface area contributed by atoms with Crippen LogP contribution in [0.1, 0.15) is 44.9 Å². The number of sulfonamides is 1. The Bertz CT molecular complexity index is 1220. The molecule has 2 aliphatic heterocycles. The predicted octanol–water partition coefficient (Wildman–Crippen LogP) is 1.54. The first kappa shape index (κ1) is 21.8. The zero-order chi connectivity index (χ0) is 23.2. The van der Waals surface area contributed by atoms with Crippen LogP contribution in [0.25, 0.3) is 0 Å². The van der Waals surface area contributed by atoms with Gasteiger partial charge in [0.05, 0.1) is 11.1 Å². The zero-order valence-electron chi connectivity index (χ0n) is 17.7. The van der Waals surface area contributed by atoms with Crippen molar-refractivity contribution in [3.63, 3.8) is 0 Å². The minimum atomic E-state index is -4.00. The maximum absolute atomic E-state index is 13.0. The summed E-state index contributed by atoms with van der Waals surface area (Å²) in [6, 6.07) is 9.84. The van der Waals surface area contributed by atoms with Gasteiger partial charge in [-0.1, -0.05) is 12.1 Å². The summed E-state index contributed by atoms with van der Waals surface area (Å²) in [5, 5.41) is 9.90. The monoisotopic (exact) mass is 457 g/mol. The van der Waals surface area contributed by atoms with Gasteiger partial charge in [0.1, 0.15) is 10.6 Å². The van der Waals surface area contributed by atoms with E-state index in [1.807, 2.05) is 0 Å². The normalized spacial score (nSPS) is 17.6. The molecule has 0 spiro atoms. The second-order valence-electron chi connectivity index (χ2n) is 8.01. The van der Waals surface area contributed by atoms with Crippen LogP contribution in [0, 0.1) is 0 Å². The molecule has 2 aliphatic rings. The van der Waals surface area contributed by atoms with E-state index in [1.54, 1.807) is 41.8 Å². The third-order valence-corrected chi connectivity index (χ3v) is 7.65. The van der Waals surface area contributed by atoms with Gasteiger partial charge < -0.3 is 14.9 Å². The van der Waals surface area contributed by atoms with Crippen LogP contribution >= 0.6 is 0 Å². The van der Waals surface area contributed by atoms with Gasteiger partial charge in [0.2, 0.25) is 0 Å². The van der Waals surface area contributed by atoms with Crippen LogP contribution in [0.5, 0.6) is 5.75 Å². The average Bonchev–Trinajstić information content (AvgIpc) is 2.98. The van der Waals surface area contributed by atoms with E-state index in [0.717, 1.165) is 4.31 Å². The van der Waals surface area contributed by atoms with Gasteiger partial charge in [-0.3, -0.25) is 14.4 Å². The molecule has 2 heterocycles. The number of rotatable bonds is 3. The largest absolute Gasteiger partial charge is 0.507 e. The Kier molecular flexibility index (Phi) is 5.41. The Balaban J connectivity index is 1.50. The number of nitrogens with zero attached hydrogens (tertiary/aromatic N) is 3. The van der Waals surface area contributed by atoms with Crippen molar-refractivity contribution in [2.24, 2.45) is 0 Å². The van der Waals surface area contributed by atoms with Crippen molar-refractivity contribution in [2.45, 2.75) is 24.8 Å². The highest BCUT2D eigenvalue weighted by Gasteiger charge is 2.43. The molecule has 0 aliphatic carbocycles. The zero-order valence-corrected chi connectivity index (χ0v) is 18.5. The number of para-hydroxylation sites is 1. The number of phenolic OH excluding ortho intramolecular Hbond substituents is 1. The number of carbonyl (C=O) groups excluding carboxylic acids is 3. The van der Waals surface area contributed by atoms with Crippen molar-refractivity contribution in [1.82, 2.24) is 14.1 Å². The third-order valence-electron chi connectivity index (χ3n) is 5.65. The Labute approximate surface area is 185 Å². The molecule has 0 unspecified atom stereocenters. The third kappa shape index (κ3) is 3.50. The molecule has 32 heavy (non-hydrogen) atoms. The van der Waals surface area contributed by atoms with Crippen LogP contribution in [0.4, 0.5) is 0 Å². The molecule has 0 atom stereocenters. The van der Waals surface area contributed by atoms with Gasteiger partial charge in [-0.05, 0) is 44.2 Å². The minimum Gasteiger partial charge on any atom is -0.507 e. The van der Waals surface area contributed by atoms with Gasteiger partial charge in [-0.25, -0.2) is 12.7 Å². The molecule has 0 radical (unpaired) electrons. The second-order valence-corrected chi connectivity index (χ2v) is 9.80. The molecular formula is C22H23N3O6S. The van der Waals surface area contributed by atoms with E-state index in [2.05, 4.69) is 0 Å². The number of phenols is 1. The fourth-order valence-electron chi connectivity index (χ4n) is 4.01. The van der Waals surface area contributed by atoms with Crippen molar-refractivity contribution in [3.8, 4) is 5.75 Å². The second kappa shape index (κ2) is 7.94. The fraction of sp³-hybridized carbons (Fsp3) is 0.318. The summed E-state index contributed by atoms with van der Waals surface area (Å²) < 4.78 is 26.4. The molecule has 10 heteroatoms. The summed E-state index contributed by atoms with van der Waals surface area (Å²) in [6.07, 6.45) is 0. The quantitative estimate of drug-likeness (QED) is 0.748. The standard InChI is InChI=1S/C22H23N3O6S/c1-14(2)25-22(29)17-8-7-15(13-19(17)32(25,30)31)20(27)23-9-11-24(12-10-23)21(28)16-5-3-4-6-18(16)26/h3-8,13-14,26H,9-12H2,1-2H3. The molecule has 0 saturated carbocycles. The number of amides is 3. The number of aromatic hydroxyl groups is 1. The van der Waals surface area contributed by atoms with Crippen molar-refractivity contribution < 1.29 is 27.9 Å². The van der Waals surface area contributed by atoms with Crippen LogP contribution in [0.2, 0.25) is 0 Å². The molecule has 1 saturated heterocycles. The van der Waals surface area contributed by atoms with E-state index in [4.69, 9.17) is 0 Å². The highest BCUT2D eigenvalue weighted by Crippen LogP contribution is 2.33. The fourth-order valence-corrected chi connectivity index (χ4v) is 5.80. The molecule has 0 bridgehead atoms. The van der Waals surface area contributed by atoms with Crippen LogP contribution in [-0.2, 0) is 10.0 Å². The van der Waals surface area contributed by atoms with Crippen LogP contribution in [0.15, 0.2) is 47.4 Å².